The number of hydrogen-bond donors (Lipinski definition) is 2. The summed E-state index contributed by atoms with van der Waals surface area (Å²) in [5, 5.41) is 12.2. The van der Waals surface area contributed by atoms with E-state index in [4.69, 9.17) is 0 Å². The summed E-state index contributed by atoms with van der Waals surface area (Å²) in [5.74, 6) is 0.654. The Labute approximate surface area is 152 Å². The van der Waals surface area contributed by atoms with Crippen LogP contribution in [0.15, 0.2) is 30.7 Å². The van der Waals surface area contributed by atoms with E-state index in [9.17, 15) is 0 Å². The molecular formula is C20H22N6. The molecule has 132 valence electrons. The lowest BCUT2D eigenvalue weighted by molar-refractivity contribution is 0.589. The minimum Gasteiger partial charge on any atom is -0.368 e. The molecule has 6 heteroatoms. The van der Waals surface area contributed by atoms with Crippen molar-refractivity contribution in [1.82, 2.24) is 25.5 Å². The van der Waals surface area contributed by atoms with Gasteiger partial charge < -0.3 is 10.2 Å². The molecule has 6 nitrogen and oxygen atoms in total. The minimum atomic E-state index is 0.654. The Morgan fingerprint density at radius 3 is 2.77 bits per heavy atom. The quantitative estimate of drug-likeness (QED) is 0.760. The predicted octanol–water partition coefficient (Wildman–Crippen LogP) is 2.81. The summed E-state index contributed by atoms with van der Waals surface area (Å²) in [4.78, 5) is 11.3. The van der Waals surface area contributed by atoms with Crippen LogP contribution in [0.3, 0.4) is 0 Å². The van der Waals surface area contributed by atoms with Crippen molar-refractivity contribution in [2.45, 2.75) is 18.8 Å². The molecule has 1 saturated carbocycles. The van der Waals surface area contributed by atoms with Gasteiger partial charge in [-0.25, -0.2) is 4.98 Å². The summed E-state index contributed by atoms with van der Waals surface area (Å²) in [6, 6.07) is 4.00. The van der Waals surface area contributed by atoms with Crippen molar-refractivity contribution in [3.05, 3.63) is 47.5 Å². The smallest absolute Gasteiger partial charge is 0.183 e. The summed E-state index contributed by atoms with van der Waals surface area (Å²) in [6.07, 6.45) is 12.4. The maximum atomic E-state index is 4.64. The number of aromatic nitrogens is 4. The molecule has 0 radical (unpaired) electrons. The molecule has 0 atom stereocenters. The molecule has 3 aromatic rings. The molecule has 1 saturated heterocycles. The summed E-state index contributed by atoms with van der Waals surface area (Å²) in [7, 11) is 0. The number of rotatable bonds is 4. The number of piperazine rings is 1. The molecule has 26 heavy (non-hydrogen) atoms. The monoisotopic (exact) mass is 346 g/mol. The fourth-order valence-corrected chi connectivity index (χ4v) is 3.71. The van der Waals surface area contributed by atoms with Crippen LogP contribution < -0.4 is 10.2 Å². The van der Waals surface area contributed by atoms with Gasteiger partial charge in [-0.05, 0) is 42.0 Å². The molecule has 3 aromatic heterocycles. The van der Waals surface area contributed by atoms with Crippen LogP contribution in [0.1, 0.15) is 35.6 Å². The average Bonchev–Trinajstić information content (AvgIpc) is 3.47. The van der Waals surface area contributed by atoms with Crippen LogP contribution in [0, 0.1) is 0 Å². The highest BCUT2D eigenvalue weighted by atomic mass is 15.2. The largest absolute Gasteiger partial charge is 0.368 e. The zero-order valence-electron chi connectivity index (χ0n) is 14.7. The Morgan fingerprint density at radius 2 is 2.00 bits per heavy atom. The van der Waals surface area contributed by atoms with Gasteiger partial charge in [0, 0.05) is 44.8 Å². The Morgan fingerprint density at radius 1 is 1.12 bits per heavy atom. The van der Waals surface area contributed by atoms with E-state index in [1.165, 1.54) is 24.1 Å². The molecule has 4 heterocycles. The molecule has 2 N–H and O–H groups in total. The van der Waals surface area contributed by atoms with Crippen LogP contribution in [0.5, 0.6) is 0 Å². The van der Waals surface area contributed by atoms with Crippen LogP contribution in [0.25, 0.3) is 23.2 Å². The van der Waals surface area contributed by atoms with E-state index in [0.717, 1.165) is 48.5 Å². The van der Waals surface area contributed by atoms with Gasteiger partial charge in [-0.3, -0.25) is 10.1 Å². The number of fused-ring (bicyclic) bond motifs is 1. The molecule has 1 aliphatic heterocycles. The third kappa shape index (κ3) is 2.86. The standard InChI is InChI=1S/C20H22N6/c1-2-14(12-22-7-1)3-6-17-18-19(26-10-8-21-9-11-26)16(15-4-5-15)13-23-20(18)25-24-17/h1-3,6-7,12-13,15,21H,4-5,8-11H2,(H,23,24,25). The van der Waals surface area contributed by atoms with E-state index in [2.05, 4.69) is 42.5 Å². The van der Waals surface area contributed by atoms with Gasteiger partial charge in [-0.2, -0.15) is 5.10 Å². The van der Waals surface area contributed by atoms with E-state index >= 15 is 0 Å². The molecule has 2 aliphatic rings. The molecule has 1 aliphatic carbocycles. The van der Waals surface area contributed by atoms with Gasteiger partial charge >= 0.3 is 0 Å². The van der Waals surface area contributed by atoms with Crippen LogP contribution in [0.4, 0.5) is 5.69 Å². The molecule has 5 rings (SSSR count). The van der Waals surface area contributed by atoms with Crippen molar-refractivity contribution < 1.29 is 0 Å². The van der Waals surface area contributed by atoms with Gasteiger partial charge in [0.25, 0.3) is 0 Å². The van der Waals surface area contributed by atoms with Crippen LogP contribution >= 0.6 is 0 Å². The fourth-order valence-electron chi connectivity index (χ4n) is 3.71. The van der Waals surface area contributed by atoms with Gasteiger partial charge in [-0.1, -0.05) is 12.1 Å². The number of aromatic amines is 1. The first-order valence-corrected chi connectivity index (χ1v) is 9.31. The van der Waals surface area contributed by atoms with Gasteiger partial charge in [0.1, 0.15) is 0 Å². The van der Waals surface area contributed by atoms with Crippen molar-refractivity contribution in [3.63, 3.8) is 0 Å². The van der Waals surface area contributed by atoms with Crippen molar-refractivity contribution in [1.29, 1.82) is 0 Å². The van der Waals surface area contributed by atoms with E-state index in [1.54, 1.807) is 6.20 Å². The van der Waals surface area contributed by atoms with Crippen molar-refractivity contribution in [3.8, 4) is 0 Å². The Balaban J connectivity index is 1.63. The SMILES string of the molecule is C(=Cc1[nH]nc2ncc(C3CC3)c(N3CCNCC3)c12)c1cccnc1. The first-order chi connectivity index (χ1) is 12.9. The number of H-pyrrole nitrogens is 1. The van der Waals surface area contributed by atoms with Crippen LogP contribution in [-0.2, 0) is 0 Å². The number of anilines is 1. The van der Waals surface area contributed by atoms with Gasteiger partial charge in [-0.15, -0.1) is 0 Å². The topological polar surface area (TPSA) is 69.7 Å². The zero-order valence-corrected chi connectivity index (χ0v) is 14.7. The average molecular weight is 346 g/mol. The van der Waals surface area contributed by atoms with Crippen LogP contribution in [0.2, 0.25) is 0 Å². The van der Waals surface area contributed by atoms with E-state index in [1.807, 2.05) is 24.5 Å². The Hall–Kier alpha value is -2.73. The first kappa shape index (κ1) is 15.5. The molecule has 0 unspecified atom stereocenters. The highest BCUT2D eigenvalue weighted by Crippen LogP contribution is 2.46. The third-order valence-corrected chi connectivity index (χ3v) is 5.19. The molecule has 0 bridgehead atoms. The number of hydrogen-bond acceptors (Lipinski definition) is 5. The first-order valence-electron chi connectivity index (χ1n) is 9.31. The number of nitrogens with one attached hydrogen (secondary N) is 2. The minimum absolute atomic E-state index is 0.654. The van der Waals surface area contributed by atoms with E-state index < -0.39 is 0 Å². The number of nitrogens with zero attached hydrogens (tertiary/aromatic N) is 4. The van der Waals surface area contributed by atoms with Crippen molar-refractivity contribution in [2.24, 2.45) is 0 Å². The normalized spacial score (nSPS) is 18.1. The summed E-state index contributed by atoms with van der Waals surface area (Å²) in [6.45, 7) is 4.09. The summed E-state index contributed by atoms with van der Waals surface area (Å²) < 4.78 is 0. The van der Waals surface area contributed by atoms with E-state index in [0.29, 0.717) is 5.92 Å². The maximum Gasteiger partial charge on any atom is 0.183 e. The zero-order chi connectivity index (χ0) is 17.3. The highest BCUT2D eigenvalue weighted by molar-refractivity contribution is 5.98. The lowest BCUT2D eigenvalue weighted by atomic mass is 10.0. The Kier molecular flexibility index (Phi) is 3.90. The Bertz CT molecular complexity index is 936. The van der Waals surface area contributed by atoms with Crippen LogP contribution in [-0.4, -0.2) is 46.3 Å². The molecule has 0 aromatic carbocycles. The second-order valence-corrected chi connectivity index (χ2v) is 7.03. The molecular weight excluding hydrogens is 324 g/mol. The fraction of sp³-hybridized carbons (Fsp3) is 0.350. The maximum absolute atomic E-state index is 4.64. The highest BCUT2D eigenvalue weighted by Gasteiger charge is 2.31. The molecule has 0 amide bonds. The summed E-state index contributed by atoms with van der Waals surface area (Å²) >= 11 is 0. The van der Waals surface area contributed by atoms with Gasteiger partial charge in [0.2, 0.25) is 0 Å². The predicted molar refractivity (Wildman–Crippen MR) is 104 cm³/mol. The van der Waals surface area contributed by atoms with Crippen molar-refractivity contribution in [2.75, 3.05) is 31.1 Å². The van der Waals surface area contributed by atoms with E-state index in [-0.39, 0.29) is 0 Å². The van der Waals surface area contributed by atoms with Gasteiger partial charge in [0.15, 0.2) is 5.65 Å². The molecule has 0 spiro atoms. The summed E-state index contributed by atoms with van der Waals surface area (Å²) in [5.41, 5.74) is 5.61. The third-order valence-electron chi connectivity index (χ3n) is 5.19. The van der Waals surface area contributed by atoms with Gasteiger partial charge in [0.05, 0.1) is 16.8 Å². The van der Waals surface area contributed by atoms with Crippen molar-refractivity contribution >= 4 is 28.9 Å². The lowest BCUT2D eigenvalue weighted by Gasteiger charge is -2.31. The second kappa shape index (κ2) is 6.53. The lowest BCUT2D eigenvalue weighted by Crippen LogP contribution is -2.44. The number of pyridine rings is 2. The second-order valence-electron chi connectivity index (χ2n) is 7.03. The molecule has 2 fully saturated rings.